The van der Waals surface area contributed by atoms with Crippen LogP contribution in [0.2, 0.25) is 0 Å². The Labute approximate surface area is 120 Å². The highest BCUT2D eigenvalue weighted by Gasteiger charge is 2.31. The van der Waals surface area contributed by atoms with E-state index in [0.29, 0.717) is 12.1 Å². The predicted octanol–water partition coefficient (Wildman–Crippen LogP) is 3.73. The molecule has 0 saturated heterocycles. The summed E-state index contributed by atoms with van der Waals surface area (Å²) >= 11 is 0. The third-order valence-corrected chi connectivity index (χ3v) is 2.75. The van der Waals surface area contributed by atoms with Gasteiger partial charge in [0.2, 0.25) is 0 Å². The van der Waals surface area contributed by atoms with Gasteiger partial charge < -0.3 is 4.74 Å². The topological polar surface area (TPSA) is 34.5 Å². The zero-order valence-electron chi connectivity index (χ0n) is 11.3. The van der Waals surface area contributed by atoms with Crippen molar-refractivity contribution in [1.29, 1.82) is 0 Å². The number of methoxy groups -OCH3 is 1. The average Bonchev–Trinajstić information content (AvgIpc) is 2.47. The number of aromatic nitrogens is 1. The molecule has 0 unspecified atom stereocenters. The van der Waals surface area contributed by atoms with Crippen LogP contribution in [0.25, 0.3) is 0 Å². The lowest BCUT2D eigenvalue weighted by atomic mass is 10.2. The molecule has 1 aromatic heterocycles. The van der Waals surface area contributed by atoms with Crippen LogP contribution in [0.3, 0.4) is 0 Å². The van der Waals surface area contributed by atoms with Crippen molar-refractivity contribution in [2.75, 3.05) is 7.11 Å². The van der Waals surface area contributed by atoms with E-state index >= 15 is 0 Å². The fourth-order valence-corrected chi connectivity index (χ4v) is 1.64. The Morgan fingerprint density at radius 2 is 1.86 bits per heavy atom. The molecule has 0 radical (unpaired) electrons. The molecule has 0 amide bonds. The number of hydrogen-bond donors (Lipinski definition) is 0. The number of hydrogen-bond acceptors (Lipinski definition) is 3. The number of nitrogens with zero attached hydrogens (tertiary/aromatic N) is 2. The van der Waals surface area contributed by atoms with E-state index < -0.39 is 11.9 Å². The van der Waals surface area contributed by atoms with Gasteiger partial charge in [0.05, 0.1) is 13.7 Å². The summed E-state index contributed by atoms with van der Waals surface area (Å²) in [6, 6.07) is 9.68. The van der Waals surface area contributed by atoms with E-state index in [1.165, 1.54) is 12.3 Å². The minimum absolute atomic E-state index is 0.436. The summed E-state index contributed by atoms with van der Waals surface area (Å²) in [4.78, 5) is 7.54. The molecule has 0 bridgehead atoms. The fourth-order valence-electron chi connectivity index (χ4n) is 1.64. The molecule has 3 nitrogen and oxygen atoms in total. The normalized spacial score (nSPS) is 11.8. The Hall–Kier alpha value is -2.37. The van der Waals surface area contributed by atoms with Crippen molar-refractivity contribution in [3.05, 3.63) is 59.4 Å². The Morgan fingerprint density at radius 1 is 1.14 bits per heavy atom. The summed E-state index contributed by atoms with van der Waals surface area (Å²) in [5, 5.41) is 0. The highest BCUT2D eigenvalue weighted by Crippen LogP contribution is 2.26. The summed E-state index contributed by atoms with van der Waals surface area (Å²) in [5.74, 6) is 0.759. The van der Waals surface area contributed by atoms with E-state index in [-0.39, 0.29) is 0 Å². The zero-order valence-corrected chi connectivity index (χ0v) is 11.3. The van der Waals surface area contributed by atoms with Crippen LogP contribution < -0.4 is 4.74 Å². The van der Waals surface area contributed by atoms with Gasteiger partial charge in [0, 0.05) is 18.0 Å². The highest BCUT2D eigenvalue weighted by molar-refractivity contribution is 5.78. The first-order chi connectivity index (χ1) is 9.99. The number of ether oxygens (including phenoxy) is 1. The lowest BCUT2D eigenvalue weighted by Gasteiger charge is -2.04. The molecule has 0 aliphatic heterocycles. The molecule has 2 rings (SSSR count). The number of rotatable bonds is 4. The molecular formula is C15H13F3N2O. The number of alkyl halides is 3. The van der Waals surface area contributed by atoms with Crippen LogP contribution in [0.15, 0.2) is 47.6 Å². The molecule has 21 heavy (non-hydrogen) atoms. The number of halogens is 3. The molecule has 1 heterocycles. The molecule has 0 aliphatic carbocycles. The lowest BCUT2D eigenvalue weighted by Crippen LogP contribution is -2.07. The highest BCUT2D eigenvalue weighted by atomic mass is 19.4. The van der Waals surface area contributed by atoms with Gasteiger partial charge in [-0.15, -0.1) is 0 Å². The van der Waals surface area contributed by atoms with Gasteiger partial charge >= 0.3 is 6.18 Å². The zero-order chi connectivity index (χ0) is 15.3. The van der Waals surface area contributed by atoms with Crippen molar-refractivity contribution in [1.82, 2.24) is 4.98 Å². The summed E-state index contributed by atoms with van der Waals surface area (Å²) in [7, 11) is 1.59. The second-order valence-electron chi connectivity index (χ2n) is 4.29. The third kappa shape index (κ3) is 4.30. The molecule has 1 aromatic carbocycles. The minimum Gasteiger partial charge on any atom is -0.497 e. The molecule has 2 aromatic rings. The van der Waals surface area contributed by atoms with E-state index in [1.807, 2.05) is 24.3 Å². The van der Waals surface area contributed by atoms with Crippen molar-refractivity contribution < 1.29 is 17.9 Å². The van der Waals surface area contributed by atoms with Crippen LogP contribution in [0.5, 0.6) is 5.75 Å². The Bertz CT molecular complexity index is 604. The minimum atomic E-state index is -4.42. The van der Waals surface area contributed by atoms with Crippen LogP contribution in [0.1, 0.15) is 16.8 Å². The number of pyridine rings is 1. The SMILES string of the molecule is COc1ccc(CN=Cc2ccc(C(F)(F)F)nc2)cc1. The number of aliphatic imine (C=N–C) groups is 1. The molecule has 0 spiro atoms. The van der Waals surface area contributed by atoms with Gasteiger partial charge in [-0.25, -0.2) is 0 Å². The number of benzene rings is 1. The summed E-state index contributed by atoms with van der Waals surface area (Å²) in [6.45, 7) is 0.436. The van der Waals surface area contributed by atoms with Crippen LogP contribution in [0, 0.1) is 0 Å². The van der Waals surface area contributed by atoms with Gasteiger partial charge in [0.15, 0.2) is 0 Å². The predicted molar refractivity (Wildman–Crippen MR) is 73.5 cm³/mol. The molecule has 0 atom stereocenters. The van der Waals surface area contributed by atoms with Crippen LogP contribution in [-0.2, 0) is 12.7 Å². The summed E-state index contributed by atoms with van der Waals surface area (Å²) < 4.78 is 42.1. The smallest absolute Gasteiger partial charge is 0.433 e. The monoisotopic (exact) mass is 294 g/mol. The Morgan fingerprint density at radius 3 is 2.38 bits per heavy atom. The molecule has 0 aliphatic rings. The first-order valence-electron chi connectivity index (χ1n) is 6.15. The second kappa shape index (κ2) is 6.39. The Kier molecular flexibility index (Phi) is 4.57. The fraction of sp³-hybridized carbons (Fsp3) is 0.200. The second-order valence-corrected chi connectivity index (χ2v) is 4.29. The lowest BCUT2D eigenvalue weighted by molar-refractivity contribution is -0.141. The van der Waals surface area contributed by atoms with Crippen LogP contribution in [-0.4, -0.2) is 18.3 Å². The van der Waals surface area contributed by atoms with Gasteiger partial charge in [-0.2, -0.15) is 13.2 Å². The van der Waals surface area contributed by atoms with Gasteiger partial charge in [0.1, 0.15) is 11.4 Å². The largest absolute Gasteiger partial charge is 0.497 e. The van der Waals surface area contributed by atoms with Crippen molar-refractivity contribution in [3.63, 3.8) is 0 Å². The van der Waals surface area contributed by atoms with Gasteiger partial charge in [-0.05, 0) is 29.8 Å². The molecule has 0 saturated carbocycles. The van der Waals surface area contributed by atoms with Crippen molar-refractivity contribution in [3.8, 4) is 5.75 Å². The molecule has 0 fully saturated rings. The maximum absolute atomic E-state index is 12.3. The maximum Gasteiger partial charge on any atom is 0.433 e. The van der Waals surface area contributed by atoms with Gasteiger partial charge in [-0.3, -0.25) is 9.98 Å². The van der Waals surface area contributed by atoms with E-state index in [0.717, 1.165) is 23.6 Å². The average molecular weight is 294 g/mol. The summed E-state index contributed by atoms with van der Waals surface area (Å²) in [6.07, 6.45) is -1.77. The van der Waals surface area contributed by atoms with Crippen LogP contribution in [0.4, 0.5) is 13.2 Å². The quantitative estimate of drug-likeness (QED) is 0.805. The Balaban J connectivity index is 1.97. The van der Waals surface area contributed by atoms with Crippen molar-refractivity contribution in [2.45, 2.75) is 12.7 Å². The van der Waals surface area contributed by atoms with E-state index in [9.17, 15) is 13.2 Å². The molecule has 110 valence electrons. The molecule has 6 heteroatoms. The molecule has 0 N–H and O–H groups in total. The third-order valence-electron chi connectivity index (χ3n) is 2.75. The molecular weight excluding hydrogens is 281 g/mol. The summed E-state index contributed by atoms with van der Waals surface area (Å²) in [5.41, 5.74) is 0.596. The maximum atomic E-state index is 12.3. The standard InChI is InChI=1S/C15H13F3N2O/c1-21-13-5-2-11(3-6-13)8-19-9-12-4-7-14(20-10-12)15(16,17)18/h2-7,9-10H,8H2,1H3. The first-order valence-corrected chi connectivity index (χ1v) is 6.15. The van der Waals surface area contributed by atoms with Crippen molar-refractivity contribution in [2.24, 2.45) is 4.99 Å². The van der Waals surface area contributed by atoms with Crippen LogP contribution >= 0.6 is 0 Å². The van der Waals surface area contributed by atoms with Crippen molar-refractivity contribution >= 4 is 6.21 Å². The van der Waals surface area contributed by atoms with Gasteiger partial charge in [0.25, 0.3) is 0 Å². The van der Waals surface area contributed by atoms with E-state index in [2.05, 4.69) is 9.98 Å². The van der Waals surface area contributed by atoms with E-state index in [4.69, 9.17) is 4.74 Å². The first kappa shape index (κ1) is 15.0. The van der Waals surface area contributed by atoms with E-state index in [1.54, 1.807) is 7.11 Å². The van der Waals surface area contributed by atoms with Gasteiger partial charge in [-0.1, -0.05) is 12.1 Å².